The van der Waals surface area contributed by atoms with Crippen LogP contribution in [0.25, 0.3) is 0 Å². The molecule has 0 saturated carbocycles. The lowest BCUT2D eigenvalue weighted by atomic mass is 10.3. The molecule has 1 aromatic carbocycles. The molecule has 0 atom stereocenters. The Morgan fingerprint density at radius 3 is 2.47 bits per heavy atom. The quantitative estimate of drug-likeness (QED) is 0.847. The Morgan fingerprint density at radius 1 is 1.33 bits per heavy atom. The van der Waals surface area contributed by atoms with Crippen molar-refractivity contribution in [3.8, 4) is 11.5 Å². The molecule has 2 nitrogen and oxygen atoms in total. The third-order valence-electron chi connectivity index (χ3n) is 1.53. The lowest BCUT2D eigenvalue weighted by Gasteiger charge is -2.11. The molecule has 0 amide bonds. The molecule has 84 valence electrons. The molecule has 0 aliphatic heterocycles. The van der Waals surface area contributed by atoms with Crippen LogP contribution >= 0.6 is 15.9 Å². The maximum absolute atomic E-state index is 11.9. The minimum absolute atomic E-state index is 0.133. The van der Waals surface area contributed by atoms with Crippen molar-refractivity contribution in [3.63, 3.8) is 0 Å². The van der Waals surface area contributed by atoms with E-state index in [-0.39, 0.29) is 5.75 Å². The predicted molar refractivity (Wildman–Crippen MR) is 52.2 cm³/mol. The van der Waals surface area contributed by atoms with E-state index in [9.17, 15) is 13.2 Å². The summed E-state index contributed by atoms with van der Waals surface area (Å²) in [4.78, 5) is 0. The highest BCUT2D eigenvalue weighted by Gasteiger charge is 2.28. The molecule has 0 radical (unpaired) electrons. The number of hydrogen-bond donors (Lipinski definition) is 0. The Labute approximate surface area is 93.1 Å². The number of rotatable bonds is 3. The van der Waals surface area contributed by atoms with Gasteiger partial charge in [-0.05, 0) is 34.1 Å². The van der Waals surface area contributed by atoms with Gasteiger partial charge in [0, 0.05) is 0 Å². The van der Waals surface area contributed by atoms with Gasteiger partial charge in [-0.3, -0.25) is 0 Å². The Balaban J connectivity index is 2.70. The topological polar surface area (TPSA) is 18.5 Å². The van der Waals surface area contributed by atoms with Crippen molar-refractivity contribution >= 4 is 15.9 Å². The monoisotopic (exact) mass is 284 g/mol. The fraction of sp³-hybridized carbons (Fsp3) is 0.333. The molecule has 0 heterocycles. The summed E-state index contributed by atoms with van der Waals surface area (Å²) in [6.07, 6.45) is -4.33. The first-order chi connectivity index (χ1) is 6.92. The first-order valence-electron chi connectivity index (χ1n) is 3.95. The van der Waals surface area contributed by atoms with Gasteiger partial charge in [0.2, 0.25) is 0 Å². The second kappa shape index (κ2) is 4.74. The van der Waals surface area contributed by atoms with Crippen LogP contribution in [0.1, 0.15) is 0 Å². The van der Waals surface area contributed by atoms with Crippen LogP contribution in [-0.2, 0) is 0 Å². The van der Waals surface area contributed by atoms with Crippen molar-refractivity contribution in [2.24, 2.45) is 0 Å². The van der Waals surface area contributed by atoms with Crippen molar-refractivity contribution in [2.45, 2.75) is 6.18 Å². The van der Waals surface area contributed by atoms with E-state index in [0.29, 0.717) is 10.2 Å². The van der Waals surface area contributed by atoms with Gasteiger partial charge in [-0.2, -0.15) is 13.2 Å². The normalized spacial score (nSPS) is 11.3. The van der Waals surface area contributed by atoms with Gasteiger partial charge in [0.15, 0.2) is 6.61 Å². The SMILES string of the molecule is COc1ccc(OCC(F)(F)F)c(Br)c1. The summed E-state index contributed by atoms with van der Waals surface area (Å²) < 4.78 is 45.4. The van der Waals surface area contributed by atoms with E-state index in [4.69, 9.17) is 4.74 Å². The van der Waals surface area contributed by atoms with Crippen molar-refractivity contribution < 1.29 is 22.6 Å². The van der Waals surface area contributed by atoms with Crippen LogP contribution in [0.3, 0.4) is 0 Å². The van der Waals surface area contributed by atoms with E-state index >= 15 is 0 Å². The summed E-state index contributed by atoms with van der Waals surface area (Å²) in [6, 6.07) is 4.47. The summed E-state index contributed by atoms with van der Waals surface area (Å²) in [5, 5.41) is 0. The lowest BCUT2D eigenvalue weighted by Crippen LogP contribution is -2.19. The Kier molecular flexibility index (Phi) is 3.84. The maximum atomic E-state index is 11.9. The molecule has 0 bridgehead atoms. The minimum Gasteiger partial charge on any atom is -0.497 e. The van der Waals surface area contributed by atoms with Gasteiger partial charge in [-0.25, -0.2) is 0 Å². The van der Waals surface area contributed by atoms with Gasteiger partial charge in [-0.1, -0.05) is 0 Å². The molecule has 0 spiro atoms. The molecular formula is C9H8BrF3O2. The van der Waals surface area contributed by atoms with Gasteiger partial charge in [-0.15, -0.1) is 0 Å². The van der Waals surface area contributed by atoms with Crippen molar-refractivity contribution in [3.05, 3.63) is 22.7 Å². The van der Waals surface area contributed by atoms with Crippen molar-refractivity contribution in [1.29, 1.82) is 0 Å². The number of alkyl halides is 3. The lowest BCUT2D eigenvalue weighted by molar-refractivity contribution is -0.153. The van der Waals surface area contributed by atoms with Crippen LogP contribution in [0.4, 0.5) is 13.2 Å². The fourth-order valence-corrected chi connectivity index (χ4v) is 1.36. The summed E-state index contributed by atoms with van der Waals surface area (Å²) >= 11 is 3.08. The Morgan fingerprint density at radius 2 is 2.00 bits per heavy atom. The zero-order valence-electron chi connectivity index (χ0n) is 7.77. The number of hydrogen-bond acceptors (Lipinski definition) is 2. The van der Waals surface area contributed by atoms with Crippen LogP contribution in [0.2, 0.25) is 0 Å². The third kappa shape index (κ3) is 3.99. The average molecular weight is 285 g/mol. The molecule has 0 aliphatic carbocycles. The highest BCUT2D eigenvalue weighted by molar-refractivity contribution is 9.10. The molecule has 0 aliphatic rings. The van der Waals surface area contributed by atoms with Crippen molar-refractivity contribution in [2.75, 3.05) is 13.7 Å². The average Bonchev–Trinajstić information content (AvgIpc) is 2.14. The van der Waals surface area contributed by atoms with Crippen LogP contribution in [0.5, 0.6) is 11.5 Å². The molecule has 1 rings (SSSR count). The molecule has 1 aromatic rings. The molecule has 0 aromatic heterocycles. The van der Waals surface area contributed by atoms with Crippen LogP contribution < -0.4 is 9.47 Å². The molecule has 0 fully saturated rings. The van der Waals surface area contributed by atoms with E-state index in [1.165, 1.54) is 25.3 Å². The molecule has 6 heteroatoms. The molecule has 0 saturated heterocycles. The van der Waals surface area contributed by atoms with E-state index < -0.39 is 12.8 Å². The highest BCUT2D eigenvalue weighted by atomic mass is 79.9. The van der Waals surface area contributed by atoms with E-state index in [1.54, 1.807) is 0 Å². The minimum atomic E-state index is -4.33. The van der Waals surface area contributed by atoms with E-state index in [2.05, 4.69) is 20.7 Å². The van der Waals surface area contributed by atoms with E-state index in [1.807, 2.05) is 0 Å². The number of ether oxygens (including phenoxy) is 2. The largest absolute Gasteiger partial charge is 0.497 e. The first-order valence-corrected chi connectivity index (χ1v) is 4.75. The molecular weight excluding hydrogens is 277 g/mol. The Hall–Kier alpha value is -0.910. The van der Waals surface area contributed by atoms with Gasteiger partial charge >= 0.3 is 6.18 Å². The van der Waals surface area contributed by atoms with Crippen LogP contribution in [-0.4, -0.2) is 19.9 Å². The van der Waals surface area contributed by atoms with Gasteiger partial charge < -0.3 is 9.47 Å². The van der Waals surface area contributed by atoms with Gasteiger partial charge in [0.25, 0.3) is 0 Å². The molecule has 15 heavy (non-hydrogen) atoms. The second-order valence-corrected chi connectivity index (χ2v) is 3.55. The van der Waals surface area contributed by atoms with Gasteiger partial charge in [0.1, 0.15) is 11.5 Å². The van der Waals surface area contributed by atoms with Gasteiger partial charge in [0.05, 0.1) is 11.6 Å². The predicted octanol–water partition coefficient (Wildman–Crippen LogP) is 3.40. The first kappa shape index (κ1) is 12.2. The van der Waals surface area contributed by atoms with Crippen LogP contribution in [0.15, 0.2) is 22.7 Å². The Bertz CT molecular complexity index is 339. The van der Waals surface area contributed by atoms with Crippen molar-refractivity contribution in [1.82, 2.24) is 0 Å². The zero-order chi connectivity index (χ0) is 11.5. The molecule has 0 unspecified atom stereocenters. The summed E-state index contributed by atoms with van der Waals surface area (Å²) in [5.74, 6) is 0.675. The number of methoxy groups -OCH3 is 1. The zero-order valence-corrected chi connectivity index (χ0v) is 9.35. The standard InChI is InChI=1S/C9H8BrF3O2/c1-14-6-2-3-8(7(10)4-6)15-5-9(11,12)13/h2-4H,5H2,1H3. The summed E-state index contributed by atoms with van der Waals surface area (Å²) in [7, 11) is 1.47. The maximum Gasteiger partial charge on any atom is 0.422 e. The number of halogens is 4. The smallest absolute Gasteiger partial charge is 0.422 e. The fourth-order valence-electron chi connectivity index (χ4n) is 0.885. The number of benzene rings is 1. The van der Waals surface area contributed by atoms with E-state index in [0.717, 1.165) is 0 Å². The third-order valence-corrected chi connectivity index (χ3v) is 2.15. The second-order valence-electron chi connectivity index (χ2n) is 2.70. The summed E-state index contributed by atoms with van der Waals surface area (Å²) in [5.41, 5.74) is 0. The van der Waals surface area contributed by atoms with Crippen LogP contribution in [0, 0.1) is 0 Å². The summed E-state index contributed by atoms with van der Waals surface area (Å²) in [6.45, 7) is -1.31. The highest BCUT2D eigenvalue weighted by Crippen LogP contribution is 2.30. The molecule has 0 N–H and O–H groups in total.